The van der Waals surface area contributed by atoms with Gasteiger partial charge in [0.15, 0.2) is 0 Å². The molecule has 0 saturated carbocycles. The first-order valence-corrected chi connectivity index (χ1v) is 9.09. The van der Waals surface area contributed by atoms with Gasteiger partial charge in [-0.05, 0) is 50.5 Å². The van der Waals surface area contributed by atoms with E-state index in [9.17, 15) is 5.11 Å². The number of rotatable bonds is 4. The molecule has 1 unspecified atom stereocenters. The molecule has 1 aromatic carbocycles. The van der Waals surface area contributed by atoms with E-state index in [4.69, 9.17) is 0 Å². The minimum atomic E-state index is -0.263. The van der Waals surface area contributed by atoms with Crippen LogP contribution in [0.5, 0.6) is 0 Å². The van der Waals surface area contributed by atoms with Crippen molar-refractivity contribution in [1.82, 2.24) is 15.0 Å². The van der Waals surface area contributed by atoms with E-state index in [2.05, 4.69) is 58.1 Å². The van der Waals surface area contributed by atoms with Crippen LogP contribution in [-0.4, -0.2) is 39.3 Å². The molecule has 6 nitrogen and oxygen atoms in total. The number of aryl methyl sites for hydroxylation is 3. The third-order valence-electron chi connectivity index (χ3n) is 5.21. The van der Waals surface area contributed by atoms with Gasteiger partial charge in [-0.25, -0.2) is 4.98 Å². The van der Waals surface area contributed by atoms with E-state index in [1.165, 1.54) is 33.3 Å². The Balaban J connectivity index is 1.56. The summed E-state index contributed by atoms with van der Waals surface area (Å²) in [7, 11) is 0. The van der Waals surface area contributed by atoms with Crippen LogP contribution in [0.3, 0.4) is 0 Å². The molecule has 0 bridgehead atoms. The van der Waals surface area contributed by atoms with Crippen molar-refractivity contribution >= 4 is 22.7 Å². The van der Waals surface area contributed by atoms with Crippen LogP contribution in [0.25, 0.3) is 10.9 Å². The molecular formula is C20H25N5O. The molecule has 26 heavy (non-hydrogen) atoms. The fourth-order valence-corrected chi connectivity index (χ4v) is 3.66. The zero-order valence-electron chi connectivity index (χ0n) is 15.5. The number of hydrogen-bond acceptors (Lipinski definition) is 5. The SMILES string of the molecule is Cc1cc(CNc2nccc(N3CCC(O)C3)n2)c2[nH]c(C)c(C)c2c1. The van der Waals surface area contributed by atoms with Gasteiger partial charge in [-0.3, -0.25) is 0 Å². The Morgan fingerprint density at radius 2 is 2.15 bits per heavy atom. The summed E-state index contributed by atoms with van der Waals surface area (Å²) in [6.45, 7) is 8.51. The lowest BCUT2D eigenvalue weighted by molar-refractivity contribution is 0.198. The zero-order chi connectivity index (χ0) is 18.3. The van der Waals surface area contributed by atoms with Crippen molar-refractivity contribution in [3.8, 4) is 0 Å². The van der Waals surface area contributed by atoms with Crippen molar-refractivity contribution in [3.05, 3.63) is 46.8 Å². The fourth-order valence-electron chi connectivity index (χ4n) is 3.66. The summed E-state index contributed by atoms with van der Waals surface area (Å²) < 4.78 is 0. The van der Waals surface area contributed by atoms with Gasteiger partial charge in [0.1, 0.15) is 5.82 Å². The molecule has 4 rings (SSSR count). The van der Waals surface area contributed by atoms with E-state index < -0.39 is 0 Å². The van der Waals surface area contributed by atoms with E-state index in [-0.39, 0.29) is 6.10 Å². The van der Waals surface area contributed by atoms with Gasteiger partial charge in [-0.2, -0.15) is 4.98 Å². The number of aliphatic hydroxyl groups excluding tert-OH is 1. The smallest absolute Gasteiger partial charge is 0.224 e. The second kappa shape index (κ2) is 6.61. The summed E-state index contributed by atoms with van der Waals surface area (Å²) in [6, 6.07) is 6.32. The highest BCUT2D eigenvalue weighted by Gasteiger charge is 2.21. The summed E-state index contributed by atoms with van der Waals surface area (Å²) >= 11 is 0. The highest BCUT2D eigenvalue weighted by Crippen LogP contribution is 2.26. The largest absolute Gasteiger partial charge is 0.391 e. The highest BCUT2D eigenvalue weighted by molar-refractivity contribution is 5.88. The lowest BCUT2D eigenvalue weighted by Crippen LogP contribution is -2.22. The number of nitrogens with zero attached hydrogens (tertiary/aromatic N) is 3. The maximum absolute atomic E-state index is 9.73. The van der Waals surface area contributed by atoms with Gasteiger partial charge in [0, 0.05) is 36.9 Å². The van der Waals surface area contributed by atoms with Gasteiger partial charge in [0.25, 0.3) is 0 Å². The predicted molar refractivity (Wildman–Crippen MR) is 105 cm³/mol. The van der Waals surface area contributed by atoms with Crippen LogP contribution >= 0.6 is 0 Å². The molecule has 1 saturated heterocycles. The number of hydrogen-bond donors (Lipinski definition) is 3. The minimum Gasteiger partial charge on any atom is -0.391 e. The van der Waals surface area contributed by atoms with Crippen LogP contribution in [-0.2, 0) is 6.54 Å². The van der Waals surface area contributed by atoms with Gasteiger partial charge in [0.05, 0.1) is 11.6 Å². The lowest BCUT2D eigenvalue weighted by atomic mass is 10.0. The van der Waals surface area contributed by atoms with Crippen molar-refractivity contribution in [2.75, 3.05) is 23.3 Å². The van der Waals surface area contributed by atoms with Crippen LogP contribution in [0.1, 0.15) is 28.8 Å². The molecule has 1 aliphatic heterocycles. The van der Waals surface area contributed by atoms with E-state index in [0.717, 1.165) is 18.8 Å². The maximum atomic E-state index is 9.73. The lowest BCUT2D eigenvalue weighted by Gasteiger charge is -2.17. The molecule has 1 atom stereocenters. The molecule has 0 radical (unpaired) electrons. The Morgan fingerprint density at radius 3 is 2.92 bits per heavy atom. The number of benzene rings is 1. The number of anilines is 2. The molecule has 1 fully saturated rings. The molecule has 3 aromatic rings. The standard InChI is InChI=1S/C20H25N5O/c1-12-8-15(19-17(9-12)13(2)14(3)23-19)10-22-20-21-6-4-18(24-20)25-7-5-16(26)11-25/h4,6,8-9,16,23,26H,5,7,10-11H2,1-3H3,(H,21,22,24). The Morgan fingerprint density at radius 1 is 1.31 bits per heavy atom. The average molecular weight is 351 g/mol. The monoisotopic (exact) mass is 351 g/mol. The van der Waals surface area contributed by atoms with Gasteiger partial charge in [0.2, 0.25) is 5.95 Å². The van der Waals surface area contributed by atoms with Crippen molar-refractivity contribution < 1.29 is 5.11 Å². The van der Waals surface area contributed by atoms with E-state index in [1.807, 2.05) is 6.07 Å². The van der Waals surface area contributed by atoms with Crippen LogP contribution in [0, 0.1) is 20.8 Å². The quantitative estimate of drug-likeness (QED) is 0.673. The first-order chi connectivity index (χ1) is 12.5. The number of aromatic amines is 1. The Bertz CT molecular complexity index is 949. The summed E-state index contributed by atoms with van der Waals surface area (Å²) in [6.07, 6.45) is 2.30. The summed E-state index contributed by atoms with van der Waals surface area (Å²) in [5, 5.41) is 14.4. The molecule has 0 spiro atoms. The fraction of sp³-hybridized carbons (Fsp3) is 0.400. The highest BCUT2D eigenvalue weighted by atomic mass is 16.3. The molecule has 6 heteroatoms. The van der Waals surface area contributed by atoms with Crippen LogP contribution in [0.4, 0.5) is 11.8 Å². The molecule has 3 heterocycles. The summed E-state index contributed by atoms with van der Waals surface area (Å²) in [5.74, 6) is 1.47. The summed E-state index contributed by atoms with van der Waals surface area (Å²) in [5.41, 5.74) is 6.14. The first-order valence-electron chi connectivity index (χ1n) is 9.09. The molecule has 2 aromatic heterocycles. The molecular weight excluding hydrogens is 326 g/mol. The van der Waals surface area contributed by atoms with Gasteiger partial charge in [-0.1, -0.05) is 11.6 Å². The Hall–Kier alpha value is -2.60. The number of nitrogens with one attached hydrogen (secondary N) is 2. The van der Waals surface area contributed by atoms with Gasteiger partial charge < -0.3 is 20.3 Å². The minimum absolute atomic E-state index is 0.263. The topological polar surface area (TPSA) is 77.1 Å². The Labute approximate surface area is 153 Å². The van der Waals surface area contributed by atoms with Gasteiger partial charge in [-0.15, -0.1) is 0 Å². The third kappa shape index (κ3) is 3.12. The van der Waals surface area contributed by atoms with E-state index in [1.54, 1.807) is 6.20 Å². The number of fused-ring (bicyclic) bond motifs is 1. The molecule has 3 N–H and O–H groups in total. The third-order valence-corrected chi connectivity index (χ3v) is 5.21. The number of aliphatic hydroxyl groups is 1. The molecule has 136 valence electrons. The molecule has 0 aliphatic carbocycles. The summed E-state index contributed by atoms with van der Waals surface area (Å²) in [4.78, 5) is 14.6. The van der Waals surface area contributed by atoms with E-state index >= 15 is 0 Å². The number of H-pyrrole nitrogens is 1. The van der Waals surface area contributed by atoms with Crippen molar-refractivity contribution in [2.24, 2.45) is 0 Å². The van der Waals surface area contributed by atoms with E-state index in [0.29, 0.717) is 19.0 Å². The molecule has 0 amide bonds. The maximum Gasteiger partial charge on any atom is 0.224 e. The van der Waals surface area contributed by atoms with Crippen molar-refractivity contribution in [3.63, 3.8) is 0 Å². The second-order valence-corrected chi connectivity index (χ2v) is 7.20. The van der Waals surface area contributed by atoms with Crippen molar-refractivity contribution in [1.29, 1.82) is 0 Å². The Kier molecular flexibility index (Phi) is 4.28. The number of aromatic nitrogens is 3. The predicted octanol–water partition coefficient (Wildman–Crippen LogP) is 3.07. The second-order valence-electron chi connectivity index (χ2n) is 7.20. The zero-order valence-corrected chi connectivity index (χ0v) is 15.5. The van der Waals surface area contributed by atoms with Crippen LogP contribution in [0.2, 0.25) is 0 Å². The molecule has 1 aliphatic rings. The average Bonchev–Trinajstić information content (AvgIpc) is 3.18. The normalized spacial score (nSPS) is 17.2. The van der Waals surface area contributed by atoms with Crippen LogP contribution < -0.4 is 10.2 Å². The number of β-amino-alcohol motifs (C(OH)–C–C–N with tert-alkyl or cyclic N) is 1. The first kappa shape index (κ1) is 16.8. The van der Waals surface area contributed by atoms with Crippen LogP contribution in [0.15, 0.2) is 24.4 Å². The van der Waals surface area contributed by atoms with Gasteiger partial charge >= 0.3 is 0 Å². The van der Waals surface area contributed by atoms with Crippen molar-refractivity contribution in [2.45, 2.75) is 39.8 Å².